The van der Waals surface area contributed by atoms with E-state index in [0.717, 1.165) is 21.2 Å². The lowest BCUT2D eigenvalue weighted by molar-refractivity contribution is -0.116. The molecule has 0 aromatic heterocycles. The van der Waals surface area contributed by atoms with E-state index in [-0.39, 0.29) is 11.8 Å². The van der Waals surface area contributed by atoms with E-state index in [1.165, 1.54) is 0 Å². The third-order valence-corrected chi connectivity index (χ3v) is 6.07. The molecular formula is C25H24N4O3S. The van der Waals surface area contributed by atoms with Gasteiger partial charge in [-0.1, -0.05) is 49.9 Å². The highest BCUT2D eigenvalue weighted by Gasteiger charge is 2.28. The summed E-state index contributed by atoms with van der Waals surface area (Å²) < 4.78 is 0. The monoisotopic (exact) mass is 460 g/mol. The summed E-state index contributed by atoms with van der Waals surface area (Å²) in [4.78, 5) is 41.0. The number of hydrogen-bond donors (Lipinski definition) is 3. The van der Waals surface area contributed by atoms with Gasteiger partial charge in [0.15, 0.2) is 0 Å². The molecule has 1 aliphatic rings. The van der Waals surface area contributed by atoms with Crippen LogP contribution in [0.5, 0.6) is 0 Å². The summed E-state index contributed by atoms with van der Waals surface area (Å²) in [5.41, 5.74) is 7.43. The van der Waals surface area contributed by atoms with E-state index in [2.05, 4.69) is 16.2 Å². The molecule has 168 valence electrons. The first-order chi connectivity index (χ1) is 15.9. The highest BCUT2D eigenvalue weighted by Crippen LogP contribution is 2.47. The number of hydrogen-bond acceptors (Lipinski definition) is 4. The SMILES string of the molecule is CC(C)CC(=O)Nc1ccc(C(=O)NNC(=O)N2c3ccccc3Sc3ccccc32)cc1. The molecule has 0 radical (unpaired) electrons. The minimum Gasteiger partial charge on any atom is -0.326 e. The van der Waals surface area contributed by atoms with Crippen LogP contribution >= 0.6 is 11.8 Å². The molecule has 8 heteroatoms. The van der Waals surface area contributed by atoms with Crippen LogP contribution in [0.2, 0.25) is 0 Å². The predicted octanol–water partition coefficient (Wildman–Crippen LogP) is 5.33. The number of para-hydroxylation sites is 2. The van der Waals surface area contributed by atoms with Crippen LogP contribution in [0, 0.1) is 5.92 Å². The second kappa shape index (κ2) is 9.79. The van der Waals surface area contributed by atoms with Gasteiger partial charge in [0.05, 0.1) is 11.4 Å². The lowest BCUT2D eigenvalue weighted by Gasteiger charge is -2.30. The molecule has 0 bridgehead atoms. The van der Waals surface area contributed by atoms with Gasteiger partial charge in [-0.3, -0.25) is 19.9 Å². The molecule has 0 unspecified atom stereocenters. The molecular weight excluding hydrogens is 436 g/mol. The van der Waals surface area contributed by atoms with Crippen LogP contribution in [-0.4, -0.2) is 17.8 Å². The van der Waals surface area contributed by atoms with Gasteiger partial charge in [-0.25, -0.2) is 10.2 Å². The number of amides is 4. The largest absolute Gasteiger partial charge is 0.345 e. The maximum absolute atomic E-state index is 13.1. The molecule has 1 heterocycles. The molecule has 0 spiro atoms. The van der Waals surface area contributed by atoms with Crippen molar-refractivity contribution >= 4 is 46.7 Å². The van der Waals surface area contributed by atoms with Crippen LogP contribution in [0.15, 0.2) is 82.6 Å². The van der Waals surface area contributed by atoms with Crippen molar-refractivity contribution in [3.63, 3.8) is 0 Å². The number of benzene rings is 3. The Labute approximate surface area is 196 Å². The zero-order valence-electron chi connectivity index (χ0n) is 18.3. The van der Waals surface area contributed by atoms with E-state index in [1.54, 1.807) is 40.9 Å². The smallest absolute Gasteiger partial charge is 0.326 e. The van der Waals surface area contributed by atoms with Crippen molar-refractivity contribution in [2.45, 2.75) is 30.1 Å². The third kappa shape index (κ3) is 5.18. The van der Waals surface area contributed by atoms with Crippen LogP contribution in [0.3, 0.4) is 0 Å². The van der Waals surface area contributed by atoms with Crippen molar-refractivity contribution in [3.8, 4) is 0 Å². The van der Waals surface area contributed by atoms with E-state index in [1.807, 2.05) is 62.4 Å². The minimum absolute atomic E-state index is 0.0743. The fraction of sp³-hybridized carbons (Fsp3) is 0.160. The summed E-state index contributed by atoms with van der Waals surface area (Å²) in [7, 11) is 0. The van der Waals surface area contributed by atoms with E-state index in [9.17, 15) is 14.4 Å². The first-order valence-electron chi connectivity index (χ1n) is 10.6. The molecule has 0 saturated carbocycles. The first kappa shape index (κ1) is 22.4. The van der Waals surface area contributed by atoms with Crippen LogP contribution in [0.1, 0.15) is 30.6 Å². The maximum Gasteiger partial charge on any atom is 0.345 e. The Morgan fingerprint density at radius 2 is 1.39 bits per heavy atom. The zero-order chi connectivity index (χ0) is 23.4. The van der Waals surface area contributed by atoms with E-state index < -0.39 is 11.9 Å². The van der Waals surface area contributed by atoms with Crippen molar-refractivity contribution in [1.29, 1.82) is 0 Å². The van der Waals surface area contributed by atoms with Crippen molar-refractivity contribution in [2.24, 2.45) is 5.92 Å². The van der Waals surface area contributed by atoms with Crippen molar-refractivity contribution < 1.29 is 14.4 Å². The van der Waals surface area contributed by atoms with Gasteiger partial charge in [-0.05, 0) is 54.4 Å². The number of rotatable bonds is 4. The maximum atomic E-state index is 13.1. The van der Waals surface area contributed by atoms with Gasteiger partial charge in [0.25, 0.3) is 5.91 Å². The normalized spacial score (nSPS) is 11.9. The van der Waals surface area contributed by atoms with Gasteiger partial charge >= 0.3 is 6.03 Å². The van der Waals surface area contributed by atoms with Gasteiger partial charge in [-0.15, -0.1) is 0 Å². The summed E-state index contributed by atoms with van der Waals surface area (Å²) in [6, 6.07) is 21.3. The highest BCUT2D eigenvalue weighted by atomic mass is 32.2. The molecule has 3 aromatic carbocycles. The van der Waals surface area contributed by atoms with Crippen LogP contribution in [0.4, 0.5) is 21.9 Å². The van der Waals surface area contributed by atoms with E-state index >= 15 is 0 Å². The van der Waals surface area contributed by atoms with Gasteiger partial charge in [0, 0.05) is 27.5 Å². The lowest BCUT2D eigenvalue weighted by Crippen LogP contribution is -2.48. The van der Waals surface area contributed by atoms with Crippen LogP contribution in [-0.2, 0) is 4.79 Å². The third-order valence-electron chi connectivity index (χ3n) is 4.94. The summed E-state index contributed by atoms with van der Waals surface area (Å²) in [6.07, 6.45) is 0.426. The van der Waals surface area contributed by atoms with E-state index in [0.29, 0.717) is 17.7 Å². The lowest BCUT2D eigenvalue weighted by atomic mass is 10.1. The van der Waals surface area contributed by atoms with Gasteiger partial charge in [-0.2, -0.15) is 0 Å². The molecule has 4 rings (SSSR count). The molecule has 3 aromatic rings. The molecule has 0 saturated heterocycles. The number of fused-ring (bicyclic) bond motifs is 2. The van der Waals surface area contributed by atoms with Gasteiger partial charge < -0.3 is 5.32 Å². The first-order valence-corrected chi connectivity index (χ1v) is 11.4. The average molecular weight is 461 g/mol. The van der Waals surface area contributed by atoms with Crippen molar-refractivity contribution in [3.05, 3.63) is 78.4 Å². The molecule has 0 atom stereocenters. The summed E-state index contributed by atoms with van der Waals surface area (Å²) in [5.74, 6) is -0.276. The number of urea groups is 1. The number of nitrogens with one attached hydrogen (secondary N) is 3. The average Bonchev–Trinajstić information content (AvgIpc) is 2.80. The Bertz CT molecular complexity index is 1150. The van der Waals surface area contributed by atoms with Crippen LogP contribution < -0.4 is 21.1 Å². The Morgan fingerprint density at radius 3 is 1.97 bits per heavy atom. The second-order valence-electron chi connectivity index (χ2n) is 7.98. The molecule has 7 nitrogen and oxygen atoms in total. The molecule has 33 heavy (non-hydrogen) atoms. The van der Waals surface area contributed by atoms with Crippen LogP contribution in [0.25, 0.3) is 0 Å². The number of hydrazine groups is 1. The highest BCUT2D eigenvalue weighted by molar-refractivity contribution is 7.99. The van der Waals surface area contributed by atoms with Gasteiger partial charge in [0.2, 0.25) is 5.91 Å². The zero-order valence-corrected chi connectivity index (χ0v) is 19.1. The molecule has 3 N–H and O–H groups in total. The van der Waals surface area contributed by atoms with Gasteiger partial charge in [0.1, 0.15) is 0 Å². The fourth-order valence-corrected chi connectivity index (χ4v) is 4.51. The van der Waals surface area contributed by atoms with Crippen molar-refractivity contribution in [2.75, 3.05) is 10.2 Å². The summed E-state index contributed by atoms with van der Waals surface area (Å²) in [6.45, 7) is 3.95. The number of carbonyl (C=O) groups is 3. The fourth-order valence-electron chi connectivity index (χ4n) is 3.45. The number of anilines is 3. The quantitative estimate of drug-likeness (QED) is 0.459. The Kier molecular flexibility index (Phi) is 6.65. The Balaban J connectivity index is 1.42. The number of nitrogens with zero attached hydrogens (tertiary/aromatic N) is 1. The summed E-state index contributed by atoms with van der Waals surface area (Å²) >= 11 is 1.59. The minimum atomic E-state index is -0.471. The molecule has 1 aliphatic heterocycles. The Morgan fingerprint density at radius 1 is 0.818 bits per heavy atom. The molecule has 4 amide bonds. The second-order valence-corrected chi connectivity index (χ2v) is 9.06. The predicted molar refractivity (Wildman–Crippen MR) is 130 cm³/mol. The van der Waals surface area contributed by atoms with E-state index in [4.69, 9.17) is 0 Å². The summed E-state index contributed by atoms with van der Waals surface area (Å²) in [5, 5.41) is 2.80. The molecule has 0 aliphatic carbocycles. The topological polar surface area (TPSA) is 90.5 Å². The number of carbonyl (C=O) groups excluding carboxylic acids is 3. The molecule has 0 fully saturated rings. The van der Waals surface area contributed by atoms with Crippen molar-refractivity contribution in [1.82, 2.24) is 10.9 Å². The Hall–Kier alpha value is -3.78. The standard InChI is InChI=1S/C25H24N4O3S/c1-16(2)15-23(30)26-18-13-11-17(12-14-18)24(31)27-28-25(32)29-19-7-3-5-9-21(19)33-22-10-6-4-8-20(22)29/h3-14,16H,15H2,1-2H3,(H,26,30)(H,27,31)(H,28,32).